The number of unbranched alkanes of at least 4 members (excludes halogenated alkanes) is 2. The van der Waals surface area contributed by atoms with Gasteiger partial charge in [0.05, 0.1) is 18.3 Å². The summed E-state index contributed by atoms with van der Waals surface area (Å²) in [7, 11) is 0. The van der Waals surface area contributed by atoms with Gasteiger partial charge in [-0.15, -0.1) is 0 Å². The van der Waals surface area contributed by atoms with Crippen molar-refractivity contribution in [3.63, 3.8) is 0 Å². The number of rotatable bonds is 11. The van der Waals surface area contributed by atoms with Gasteiger partial charge in [-0.2, -0.15) is 0 Å². The van der Waals surface area contributed by atoms with Crippen LogP contribution in [0, 0.1) is 0 Å². The molecule has 0 amide bonds. The summed E-state index contributed by atoms with van der Waals surface area (Å²) in [5.41, 5.74) is 0.472. The fourth-order valence-corrected chi connectivity index (χ4v) is 2.55. The first-order valence-corrected chi connectivity index (χ1v) is 9.41. The molecule has 0 aliphatic rings. The number of esters is 2. The topological polar surface area (TPSA) is 61.8 Å². The Morgan fingerprint density at radius 1 is 0.964 bits per heavy atom. The van der Waals surface area contributed by atoms with E-state index >= 15 is 0 Å². The Kier molecular flexibility index (Phi) is 8.79. The van der Waals surface area contributed by atoms with Crippen LogP contribution >= 0.6 is 0 Å². The third-order valence-corrected chi connectivity index (χ3v) is 4.05. The standard InChI is InChI=1S/C23H26O5/c1-3-22(24)27-18(2)10-6-5-9-17-26-20-15-13-19(14-16-20)23(25)28-21-11-7-4-8-12-21/h3-4,7-8,11-16,18H,1,5-6,9-10,17H2,2H3. The van der Waals surface area contributed by atoms with E-state index in [1.54, 1.807) is 36.4 Å². The predicted octanol–water partition coefficient (Wildman–Crippen LogP) is 4.96. The maximum absolute atomic E-state index is 12.1. The summed E-state index contributed by atoms with van der Waals surface area (Å²) in [6.07, 6.45) is 4.74. The third-order valence-electron chi connectivity index (χ3n) is 4.05. The van der Waals surface area contributed by atoms with Gasteiger partial charge in [-0.1, -0.05) is 24.8 Å². The zero-order chi connectivity index (χ0) is 20.2. The Morgan fingerprint density at radius 3 is 2.36 bits per heavy atom. The number of benzene rings is 2. The number of carbonyl (C=O) groups excluding carboxylic acids is 2. The number of para-hydroxylation sites is 1. The van der Waals surface area contributed by atoms with Crippen LogP contribution in [0.2, 0.25) is 0 Å². The molecule has 5 heteroatoms. The Balaban J connectivity index is 1.64. The molecule has 2 aromatic carbocycles. The van der Waals surface area contributed by atoms with E-state index in [1.165, 1.54) is 6.08 Å². The molecule has 0 saturated heterocycles. The Labute approximate surface area is 165 Å². The van der Waals surface area contributed by atoms with Crippen LogP contribution < -0.4 is 9.47 Å². The second-order valence-electron chi connectivity index (χ2n) is 6.38. The highest BCUT2D eigenvalue weighted by Crippen LogP contribution is 2.16. The molecule has 1 unspecified atom stereocenters. The molecule has 0 heterocycles. The minimum absolute atomic E-state index is 0.102. The molecule has 28 heavy (non-hydrogen) atoms. The van der Waals surface area contributed by atoms with E-state index in [2.05, 4.69) is 6.58 Å². The normalized spacial score (nSPS) is 11.3. The molecule has 2 aromatic rings. The van der Waals surface area contributed by atoms with Crippen molar-refractivity contribution in [1.29, 1.82) is 0 Å². The van der Waals surface area contributed by atoms with Crippen molar-refractivity contribution in [3.05, 3.63) is 72.8 Å². The van der Waals surface area contributed by atoms with Crippen LogP contribution in [-0.2, 0) is 9.53 Å². The van der Waals surface area contributed by atoms with E-state index < -0.39 is 5.97 Å². The van der Waals surface area contributed by atoms with Crippen LogP contribution in [0.4, 0.5) is 0 Å². The quantitative estimate of drug-likeness (QED) is 0.238. The lowest BCUT2D eigenvalue weighted by Crippen LogP contribution is -2.12. The van der Waals surface area contributed by atoms with E-state index in [9.17, 15) is 9.59 Å². The summed E-state index contributed by atoms with van der Waals surface area (Å²) < 4.78 is 16.1. The lowest BCUT2D eigenvalue weighted by atomic mass is 10.1. The van der Waals surface area contributed by atoms with Crippen molar-refractivity contribution in [2.45, 2.75) is 38.7 Å². The van der Waals surface area contributed by atoms with Crippen LogP contribution in [0.1, 0.15) is 43.0 Å². The lowest BCUT2D eigenvalue weighted by molar-refractivity contribution is -0.142. The van der Waals surface area contributed by atoms with E-state index in [0.717, 1.165) is 25.7 Å². The van der Waals surface area contributed by atoms with Gasteiger partial charge < -0.3 is 14.2 Å². The van der Waals surface area contributed by atoms with E-state index in [4.69, 9.17) is 14.2 Å². The zero-order valence-electron chi connectivity index (χ0n) is 16.1. The van der Waals surface area contributed by atoms with Gasteiger partial charge in [0.15, 0.2) is 0 Å². The second-order valence-corrected chi connectivity index (χ2v) is 6.38. The van der Waals surface area contributed by atoms with Gasteiger partial charge >= 0.3 is 11.9 Å². The molecular formula is C23H26O5. The second kappa shape index (κ2) is 11.6. The summed E-state index contributed by atoms with van der Waals surface area (Å²) in [5.74, 6) is 0.446. The van der Waals surface area contributed by atoms with Crippen LogP contribution in [-0.4, -0.2) is 24.6 Å². The van der Waals surface area contributed by atoms with Crippen molar-refractivity contribution in [1.82, 2.24) is 0 Å². The number of ether oxygens (including phenoxy) is 3. The summed E-state index contributed by atoms with van der Waals surface area (Å²) in [4.78, 5) is 23.2. The van der Waals surface area contributed by atoms with Crippen LogP contribution in [0.3, 0.4) is 0 Å². The zero-order valence-corrected chi connectivity index (χ0v) is 16.1. The molecule has 0 aromatic heterocycles. The maximum Gasteiger partial charge on any atom is 0.343 e. The van der Waals surface area contributed by atoms with Crippen molar-refractivity contribution in [2.75, 3.05) is 6.61 Å². The molecule has 1 atom stereocenters. The first-order chi connectivity index (χ1) is 13.6. The van der Waals surface area contributed by atoms with E-state index in [1.807, 2.05) is 25.1 Å². The fraction of sp³-hybridized carbons (Fsp3) is 0.304. The van der Waals surface area contributed by atoms with Gasteiger partial charge in [0.25, 0.3) is 0 Å². The Bertz CT molecular complexity index is 752. The predicted molar refractivity (Wildman–Crippen MR) is 108 cm³/mol. The average Bonchev–Trinajstić information content (AvgIpc) is 2.71. The highest BCUT2D eigenvalue weighted by Gasteiger charge is 2.09. The van der Waals surface area contributed by atoms with Crippen LogP contribution in [0.25, 0.3) is 0 Å². The van der Waals surface area contributed by atoms with Gasteiger partial charge in [-0.3, -0.25) is 0 Å². The molecule has 2 rings (SSSR count). The molecule has 0 saturated carbocycles. The van der Waals surface area contributed by atoms with Gasteiger partial charge in [0.1, 0.15) is 11.5 Å². The van der Waals surface area contributed by atoms with Gasteiger partial charge in [0, 0.05) is 6.08 Å². The summed E-state index contributed by atoms with van der Waals surface area (Å²) in [6.45, 7) is 5.85. The first-order valence-electron chi connectivity index (χ1n) is 9.41. The number of hydrogen-bond acceptors (Lipinski definition) is 5. The molecule has 148 valence electrons. The Hall–Kier alpha value is -3.08. The average molecular weight is 382 g/mol. The van der Waals surface area contributed by atoms with Gasteiger partial charge in [0.2, 0.25) is 0 Å². The fourth-order valence-electron chi connectivity index (χ4n) is 2.55. The van der Waals surface area contributed by atoms with Crippen LogP contribution in [0.15, 0.2) is 67.3 Å². The van der Waals surface area contributed by atoms with Gasteiger partial charge in [-0.25, -0.2) is 9.59 Å². The molecule has 0 radical (unpaired) electrons. The number of hydrogen-bond donors (Lipinski definition) is 0. The van der Waals surface area contributed by atoms with Crippen molar-refractivity contribution in [2.24, 2.45) is 0 Å². The minimum atomic E-state index is -0.399. The lowest BCUT2D eigenvalue weighted by Gasteiger charge is -2.11. The largest absolute Gasteiger partial charge is 0.494 e. The third kappa shape index (κ3) is 7.66. The van der Waals surface area contributed by atoms with E-state index in [-0.39, 0.29) is 12.1 Å². The smallest absolute Gasteiger partial charge is 0.343 e. The maximum atomic E-state index is 12.1. The molecule has 0 bridgehead atoms. The summed E-state index contributed by atoms with van der Waals surface area (Å²) in [6, 6.07) is 15.9. The Morgan fingerprint density at radius 2 is 1.68 bits per heavy atom. The molecule has 0 aliphatic carbocycles. The molecule has 0 spiro atoms. The highest BCUT2D eigenvalue weighted by atomic mass is 16.5. The van der Waals surface area contributed by atoms with Crippen LogP contribution in [0.5, 0.6) is 11.5 Å². The summed E-state index contributed by atoms with van der Waals surface area (Å²) in [5, 5.41) is 0. The molecule has 0 fully saturated rings. The number of carbonyl (C=O) groups is 2. The summed E-state index contributed by atoms with van der Waals surface area (Å²) >= 11 is 0. The molecule has 0 aliphatic heterocycles. The molecule has 5 nitrogen and oxygen atoms in total. The highest BCUT2D eigenvalue weighted by molar-refractivity contribution is 5.91. The minimum Gasteiger partial charge on any atom is -0.494 e. The first kappa shape index (κ1) is 21.2. The molecule has 0 N–H and O–H groups in total. The van der Waals surface area contributed by atoms with Crippen molar-refractivity contribution >= 4 is 11.9 Å². The van der Waals surface area contributed by atoms with E-state index in [0.29, 0.717) is 23.7 Å². The monoisotopic (exact) mass is 382 g/mol. The SMILES string of the molecule is C=CC(=O)OC(C)CCCCCOc1ccc(C(=O)Oc2ccccc2)cc1. The van der Waals surface area contributed by atoms with Crippen molar-refractivity contribution in [3.8, 4) is 11.5 Å². The molecular weight excluding hydrogens is 356 g/mol. The van der Waals surface area contributed by atoms with Gasteiger partial charge in [-0.05, 0) is 69.0 Å². The van der Waals surface area contributed by atoms with Crippen molar-refractivity contribution < 1.29 is 23.8 Å².